The molecule has 0 aliphatic carbocycles. The Morgan fingerprint density at radius 3 is 2.44 bits per heavy atom. The molecule has 0 bridgehead atoms. The summed E-state index contributed by atoms with van der Waals surface area (Å²) < 4.78 is 26.2. The second kappa shape index (κ2) is 8.75. The van der Waals surface area contributed by atoms with Gasteiger partial charge in [-0.25, -0.2) is 8.78 Å². The molecule has 27 heavy (non-hydrogen) atoms. The summed E-state index contributed by atoms with van der Waals surface area (Å²) in [7, 11) is 0. The number of piperidine rings is 1. The third kappa shape index (κ3) is 4.90. The first-order chi connectivity index (χ1) is 13.0. The number of aryl methyl sites for hydroxylation is 1. The van der Waals surface area contributed by atoms with E-state index in [1.165, 1.54) is 6.07 Å². The van der Waals surface area contributed by atoms with Gasteiger partial charge in [-0.15, -0.1) is 0 Å². The summed E-state index contributed by atoms with van der Waals surface area (Å²) in [4.78, 5) is 26.8. The Kier molecular flexibility index (Phi) is 6.16. The number of benzene rings is 2. The third-order valence-corrected chi connectivity index (χ3v) is 4.70. The summed E-state index contributed by atoms with van der Waals surface area (Å²) in [6.07, 6.45) is 3.51. The van der Waals surface area contributed by atoms with E-state index in [9.17, 15) is 18.4 Å². The monoisotopic (exact) mass is 372 g/mol. The van der Waals surface area contributed by atoms with E-state index in [1.54, 1.807) is 24.3 Å². The second-order valence-electron chi connectivity index (χ2n) is 6.70. The van der Waals surface area contributed by atoms with Crippen LogP contribution in [0.3, 0.4) is 0 Å². The van der Waals surface area contributed by atoms with Crippen LogP contribution in [0.25, 0.3) is 0 Å². The number of nitrogens with zero attached hydrogens (tertiary/aromatic N) is 1. The van der Waals surface area contributed by atoms with E-state index >= 15 is 0 Å². The van der Waals surface area contributed by atoms with E-state index in [0.29, 0.717) is 16.8 Å². The number of anilines is 1. The zero-order valence-corrected chi connectivity index (χ0v) is 15.0. The van der Waals surface area contributed by atoms with Crippen molar-refractivity contribution >= 4 is 17.5 Å². The summed E-state index contributed by atoms with van der Waals surface area (Å²) in [5.41, 5.74) is 1.49. The first-order valence-corrected chi connectivity index (χ1v) is 9.16. The molecule has 2 aromatic rings. The fraction of sp³-hybridized carbons (Fsp3) is 0.333. The van der Waals surface area contributed by atoms with E-state index in [4.69, 9.17) is 0 Å². The number of hydrogen-bond donors (Lipinski definition) is 1. The Bertz CT molecular complexity index is 833. The summed E-state index contributed by atoms with van der Waals surface area (Å²) >= 11 is 0. The van der Waals surface area contributed by atoms with Gasteiger partial charge in [0.1, 0.15) is 0 Å². The minimum absolute atomic E-state index is 0.0776. The molecule has 1 aliphatic rings. The second-order valence-corrected chi connectivity index (χ2v) is 6.70. The van der Waals surface area contributed by atoms with Gasteiger partial charge in [-0.05, 0) is 55.5 Å². The van der Waals surface area contributed by atoms with Gasteiger partial charge in [0.05, 0.1) is 11.3 Å². The minimum Gasteiger partial charge on any atom is -0.339 e. The van der Waals surface area contributed by atoms with Crippen molar-refractivity contribution in [3.63, 3.8) is 0 Å². The van der Waals surface area contributed by atoms with Gasteiger partial charge in [0.25, 0.3) is 5.91 Å². The smallest absolute Gasteiger partial charge is 0.255 e. The van der Waals surface area contributed by atoms with Crippen molar-refractivity contribution in [3.8, 4) is 0 Å². The molecule has 6 heteroatoms. The van der Waals surface area contributed by atoms with E-state index < -0.39 is 11.6 Å². The molecule has 142 valence electrons. The predicted molar refractivity (Wildman–Crippen MR) is 99.5 cm³/mol. The SMILES string of the molecule is O=C(CCc1ccc(F)c(F)c1)Nc1ccccc1C(=O)N1CCCCC1. The summed E-state index contributed by atoms with van der Waals surface area (Å²) in [6.45, 7) is 1.47. The molecule has 0 unspecified atom stereocenters. The molecule has 0 radical (unpaired) electrons. The average molecular weight is 372 g/mol. The maximum absolute atomic E-state index is 13.3. The molecule has 0 aromatic heterocycles. The van der Waals surface area contributed by atoms with Crippen LogP contribution in [0, 0.1) is 11.6 Å². The van der Waals surface area contributed by atoms with E-state index in [2.05, 4.69) is 5.32 Å². The van der Waals surface area contributed by atoms with E-state index in [1.807, 2.05) is 4.90 Å². The number of hydrogen-bond acceptors (Lipinski definition) is 2. The zero-order valence-electron chi connectivity index (χ0n) is 15.0. The first kappa shape index (κ1) is 19.0. The van der Waals surface area contributed by atoms with Gasteiger partial charge < -0.3 is 10.2 Å². The number of nitrogens with one attached hydrogen (secondary N) is 1. The number of carbonyl (C=O) groups is 2. The summed E-state index contributed by atoms with van der Waals surface area (Å²) in [6, 6.07) is 10.5. The number of carbonyl (C=O) groups excluding carboxylic acids is 2. The Hall–Kier alpha value is -2.76. The lowest BCUT2D eigenvalue weighted by molar-refractivity contribution is -0.116. The van der Waals surface area contributed by atoms with E-state index in [0.717, 1.165) is 44.5 Å². The van der Waals surface area contributed by atoms with Crippen LogP contribution < -0.4 is 5.32 Å². The molecule has 2 aromatic carbocycles. The van der Waals surface area contributed by atoms with Crippen LogP contribution in [0.2, 0.25) is 0 Å². The van der Waals surface area contributed by atoms with Crippen LogP contribution >= 0.6 is 0 Å². The maximum Gasteiger partial charge on any atom is 0.255 e. The number of likely N-dealkylation sites (tertiary alicyclic amines) is 1. The normalized spacial score (nSPS) is 14.1. The Morgan fingerprint density at radius 1 is 0.963 bits per heavy atom. The van der Waals surface area contributed by atoms with Gasteiger partial charge in [-0.1, -0.05) is 18.2 Å². The van der Waals surface area contributed by atoms with Gasteiger partial charge in [0.2, 0.25) is 5.91 Å². The van der Waals surface area contributed by atoms with Gasteiger partial charge in [0.15, 0.2) is 11.6 Å². The van der Waals surface area contributed by atoms with Crippen LogP contribution in [0.5, 0.6) is 0 Å². The fourth-order valence-corrected chi connectivity index (χ4v) is 3.21. The molecular weight excluding hydrogens is 350 g/mol. The molecule has 0 atom stereocenters. The summed E-state index contributed by atoms with van der Waals surface area (Å²) in [5, 5.41) is 2.77. The van der Waals surface area contributed by atoms with Gasteiger partial charge in [-0.3, -0.25) is 9.59 Å². The number of para-hydroxylation sites is 1. The lowest BCUT2D eigenvalue weighted by atomic mass is 10.1. The van der Waals surface area contributed by atoms with Crippen LogP contribution in [-0.4, -0.2) is 29.8 Å². The molecule has 1 N–H and O–H groups in total. The molecule has 2 amide bonds. The highest BCUT2D eigenvalue weighted by atomic mass is 19.2. The van der Waals surface area contributed by atoms with Crippen LogP contribution in [0.15, 0.2) is 42.5 Å². The van der Waals surface area contributed by atoms with Gasteiger partial charge >= 0.3 is 0 Å². The minimum atomic E-state index is -0.926. The van der Waals surface area contributed by atoms with Gasteiger partial charge in [-0.2, -0.15) is 0 Å². The first-order valence-electron chi connectivity index (χ1n) is 9.16. The molecule has 4 nitrogen and oxygen atoms in total. The van der Waals surface area contributed by atoms with Crippen molar-refractivity contribution in [2.24, 2.45) is 0 Å². The lowest BCUT2D eigenvalue weighted by Crippen LogP contribution is -2.36. The van der Waals surface area contributed by atoms with E-state index in [-0.39, 0.29) is 24.7 Å². The van der Waals surface area contributed by atoms with Crippen molar-refractivity contribution in [1.29, 1.82) is 0 Å². The number of halogens is 2. The molecular formula is C21H22F2N2O2. The Balaban J connectivity index is 1.63. The predicted octanol–water partition coefficient (Wildman–Crippen LogP) is 4.16. The summed E-state index contributed by atoms with van der Waals surface area (Å²) in [5.74, 6) is -2.19. The molecule has 1 heterocycles. The highest BCUT2D eigenvalue weighted by Gasteiger charge is 2.21. The van der Waals surface area contributed by atoms with Crippen molar-refractivity contribution in [1.82, 2.24) is 4.90 Å². The van der Waals surface area contributed by atoms with Crippen LogP contribution in [0.4, 0.5) is 14.5 Å². The van der Waals surface area contributed by atoms with Gasteiger partial charge in [0, 0.05) is 19.5 Å². The van der Waals surface area contributed by atoms with Crippen LogP contribution in [0.1, 0.15) is 41.6 Å². The molecule has 0 saturated carbocycles. The van der Waals surface area contributed by atoms with Crippen molar-refractivity contribution in [3.05, 3.63) is 65.2 Å². The Labute approximate surface area is 157 Å². The number of amides is 2. The lowest BCUT2D eigenvalue weighted by Gasteiger charge is -2.27. The third-order valence-electron chi connectivity index (χ3n) is 4.70. The van der Waals surface area contributed by atoms with Crippen molar-refractivity contribution < 1.29 is 18.4 Å². The topological polar surface area (TPSA) is 49.4 Å². The maximum atomic E-state index is 13.3. The Morgan fingerprint density at radius 2 is 1.70 bits per heavy atom. The highest BCUT2D eigenvalue weighted by Crippen LogP contribution is 2.20. The quantitative estimate of drug-likeness (QED) is 0.857. The molecule has 1 fully saturated rings. The largest absolute Gasteiger partial charge is 0.339 e. The number of rotatable bonds is 5. The van der Waals surface area contributed by atoms with Crippen molar-refractivity contribution in [2.75, 3.05) is 18.4 Å². The van der Waals surface area contributed by atoms with Crippen molar-refractivity contribution in [2.45, 2.75) is 32.1 Å². The standard InChI is InChI=1S/C21H22F2N2O2/c22-17-10-8-15(14-18(17)23)9-11-20(26)24-19-7-3-2-6-16(19)21(27)25-12-4-1-5-13-25/h2-3,6-8,10,14H,1,4-5,9,11-13H2,(H,24,26). The fourth-order valence-electron chi connectivity index (χ4n) is 3.21. The average Bonchev–Trinajstić information content (AvgIpc) is 2.69. The molecule has 1 saturated heterocycles. The van der Waals surface area contributed by atoms with Crippen LogP contribution in [-0.2, 0) is 11.2 Å². The molecule has 1 aliphatic heterocycles. The highest BCUT2D eigenvalue weighted by molar-refractivity contribution is 6.03. The molecule has 0 spiro atoms. The molecule has 3 rings (SSSR count). The zero-order chi connectivity index (χ0) is 19.2.